The van der Waals surface area contributed by atoms with E-state index in [-0.39, 0.29) is 12.0 Å². The lowest BCUT2D eigenvalue weighted by molar-refractivity contribution is -0.0249. The summed E-state index contributed by atoms with van der Waals surface area (Å²) in [5.41, 5.74) is 2.72. The lowest BCUT2D eigenvalue weighted by Crippen LogP contribution is -2.43. The number of furan rings is 1. The van der Waals surface area contributed by atoms with E-state index in [1.165, 1.54) is 0 Å². The van der Waals surface area contributed by atoms with Crippen LogP contribution in [-0.4, -0.2) is 40.5 Å². The maximum absolute atomic E-state index is 13.2. The fraction of sp³-hybridized carbons (Fsp3) is 0.526. The number of ether oxygens (including phenoxy) is 1. The maximum Gasteiger partial charge on any atom is 0.257 e. The van der Waals surface area contributed by atoms with Gasteiger partial charge in [-0.15, -0.1) is 0 Å². The van der Waals surface area contributed by atoms with Gasteiger partial charge in [0, 0.05) is 24.7 Å². The number of fused-ring (bicyclic) bond motifs is 1. The van der Waals surface area contributed by atoms with Gasteiger partial charge in [0.15, 0.2) is 0 Å². The highest BCUT2D eigenvalue weighted by Gasteiger charge is 2.32. The molecule has 0 spiro atoms. The van der Waals surface area contributed by atoms with E-state index in [4.69, 9.17) is 9.15 Å². The molecule has 1 fully saturated rings. The van der Waals surface area contributed by atoms with Crippen LogP contribution in [0.15, 0.2) is 16.7 Å². The van der Waals surface area contributed by atoms with E-state index in [1.54, 1.807) is 6.20 Å². The van der Waals surface area contributed by atoms with Crippen molar-refractivity contribution >= 4 is 5.91 Å². The summed E-state index contributed by atoms with van der Waals surface area (Å²) in [5, 5.41) is 0. The van der Waals surface area contributed by atoms with Gasteiger partial charge in [-0.1, -0.05) is 0 Å². The van der Waals surface area contributed by atoms with Crippen LogP contribution < -0.4 is 0 Å². The molecule has 2 aromatic heterocycles. The highest BCUT2D eigenvalue weighted by Crippen LogP contribution is 2.31. The van der Waals surface area contributed by atoms with Crippen LogP contribution in [0, 0.1) is 13.8 Å². The van der Waals surface area contributed by atoms with Gasteiger partial charge in [0.25, 0.3) is 5.91 Å². The Labute approximate surface area is 147 Å². The Bertz CT molecular complexity index is 799. The van der Waals surface area contributed by atoms with Crippen molar-refractivity contribution in [1.82, 2.24) is 14.9 Å². The molecule has 0 N–H and O–H groups in total. The van der Waals surface area contributed by atoms with E-state index in [2.05, 4.69) is 9.97 Å². The lowest BCUT2D eigenvalue weighted by Gasteiger charge is -2.33. The molecule has 132 valence electrons. The zero-order valence-corrected chi connectivity index (χ0v) is 14.7. The quantitative estimate of drug-likeness (QED) is 0.840. The molecule has 1 amide bonds. The standard InChI is InChI=1S/C19H23N3O3/c1-12-18(14-5-3-4-6-16(14)25-12)19(23)22-9-10-24-17(11-22)15-7-8-20-13(2)21-15/h7-8,17H,3-6,9-11H2,1-2H3. The van der Waals surface area contributed by atoms with Gasteiger partial charge in [0.2, 0.25) is 0 Å². The summed E-state index contributed by atoms with van der Waals surface area (Å²) in [6.07, 6.45) is 5.67. The van der Waals surface area contributed by atoms with Crippen molar-refractivity contribution in [2.24, 2.45) is 0 Å². The normalized spacial score (nSPS) is 20.4. The number of amides is 1. The van der Waals surface area contributed by atoms with Crippen LogP contribution in [0.3, 0.4) is 0 Å². The van der Waals surface area contributed by atoms with Crippen molar-refractivity contribution in [2.75, 3.05) is 19.7 Å². The fourth-order valence-corrected chi connectivity index (χ4v) is 3.81. The van der Waals surface area contributed by atoms with Crippen molar-refractivity contribution in [3.05, 3.63) is 46.4 Å². The molecule has 6 heteroatoms. The highest BCUT2D eigenvalue weighted by atomic mass is 16.5. The Morgan fingerprint density at radius 3 is 2.96 bits per heavy atom. The molecule has 25 heavy (non-hydrogen) atoms. The Morgan fingerprint density at radius 1 is 1.28 bits per heavy atom. The third-order valence-electron chi connectivity index (χ3n) is 5.04. The van der Waals surface area contributed by atoms with E-state index in [1.807, 2.05) is 24.8 Å². The number of hydrogen-bond acceptors (Lipinski definition) is 5. The van der Waals surface area contributed by atoms with Crippen molar-refractivity contribution in [3.63, 3.8) is 0 Å². The second-order valence-corrected chi connectivity index (χ2v) is 6.78. The summed E-state index contributed by atoms with van der Waals surface area (Å²) in [6.45, 7) is 5.37. The van der Waals surface area contributed by atoms with Crippen molar-refractivity contribution in [1.29, 1.82) is 0 Å². The second kappa shape index (κ2) is 6.59. The first-order valence-electron chi connectivity index (χ1n) is 8.95. The molecule has 0 aromatic carbocycles. The summed E-state index contributed by atoms with van der Waals surface area (Å²) < 4.78 is 11.7. The van der Waals surface area contributed by atoms with Crippen LogP contribution in [-0.2, 0) is 17.6 Å². The minimum Gasteiger partial charge on any atom is -0.465 e. The molecule has 6 nitrogen and oxygen atoms in total. The summed E-state index contributed by atoms with van der Waals surface area (Å²) in [6, 6.07) is 1.86. The molecule has 1 aliphatic heterocycles. The third-order valence-corrected chi connectivity index (χ3v) is 5.04. The van der Waals surface area contributed by atoms with Crippen LogP contribution in [0.25, 0.3) is 0 Å². The predicted molar refractivity (Wildman–Crippen MR) is 91.5 cm³/mol. The number of aromatic nitrogens is 2. The van der Waals surface area contributed by atoms with E-state index in [9.17, 15) is 4.79 Å². The first-order valence-corrected chi connectivity index (χ1v) is 8.95. The van der Waals surface area contributed by atoms with E-state index >= 15 is 0 Å². The Hall–Kier alpha value is -2.21. The van der Waals surface area contributed by atoms with Gasteiger partial charge < -0.3 is 14.1 Å². The Morgan fingerprint density at radius 2 is 2.12 bits per heavy atom. The number of hydrogen-bond donors (Lipinski definition) is 0. The maximum atomic E-state index is 13.2. The second-order valence-electron chi connectivity index (χ2n) is 6.78. The molecule has 0 bridgehead atoms. The van der Waals surface area contributed by atoms with Crippen LogP contribution in [0.2, 0.25) is 0 Å². The molecule has 1 saturated heterocycles. The number of morpholine rings is 1. The van der Waals surface area contributed by atoms with Crippen LogP contribution >= 0.6 is 0 Å². The molecule has 1 aliphatic carbocycles. The van der Waals surface area contributed by atoms with Gasteiger partial charge in [0.1, 0.15) is 23.4 Å². The largest absolute Gasteiger partial charge is 0.465 e. The lowest BCUT2D eigenvalue weighted by atomic mass is 9.94. The van der Waals surface area contributed by atoms with E-state index in [0.717, 1.165) is 54.0 Å². The topological polar surface area (TPSA) is 68.5 Å². The molecule has 4 rings (SSSR count). The zero-order chi connectivity index (χ0) is 17.4. The number of carbonyl (C=O) groups is 1. The molecular weight excluding hydrogens is 318 g/mol. The van der Waals surface area contributed by atoms with Crippen LogP contribution in [0.4, 0.5) is 0 Å². The van der Waals surface area contributed by atoms with Gasteiger partial charge in [0.05, 0.1) is 24.4 Å². The zero-order valence-electron chi connectivity index (χ0n) is 14.7. The van der Waals surface area contributed by atoms with Gasteiger partial charge >= 0.3 is 0 Å². The molecular formula is C19H23N3O3. The summed E-state index contributed by atoms with van der Waals surface area (Å²) >= 11 is 0. The smallest absolute Gasteiger partial charge is 0.257 e. The van der Waals surface area contributed by atoms with Gasteiger partial charge in [-0.2, -0.15) is 0 Å². The highest BCUT2D eigenvalue weighted by molar-refractivity contribution is 5.97. The number of carbonyl (C=O) groups excluding carboxylic acids is 1. The van der Waals surface area contributed by atoms with Crippen LogP contribution in [0.5, 0.6) is 0 Å². The van der Waals surface area contributed by atoms with Crippen molar-refractivity contribution in [3.8, 4) is 0 Å². The molecule has 2 aromatic rings. The Kier molecular flexibility index (Phi) is 4.29. The van der Waals surface area contributed by atoms with Crippen LogP contribution in [0.1, 0.15) is 57.9 Å². The molecule has 1 unspecified atom stereocenters. The number of nitrogens with zero attached hydrogens (tertiary/aromatic N) is 3. The monoisotopic (exact) mass is 341 g/mol. The summed E-state index contributed by atoms with van der Waals surface area (Å²) in [7, 11) is 0. The number of rotatable bonds is 2. The fourth-order valence-electron chi connectivity index (χ4n) is 3.81. The number of aryl methyl sites for hydroxylation is 3. The molecule has 0 radical (unpaired) electrons. The first-order chi connectivity index (χ1) is 12.1. The first kappa shape index (κ1) is 16.3. The predicted octanol–water partition coefficient (Wildman–Crippen LogP) is 2.78. The molecule has 3 heterocycles. The van der Waals surface area contributed by atoms with E-state index < -0.39 is 0 Å². The SMILES string of the molecule is Cc1nccc(C2CN(C(=O)c3c(C)oc4c3CCCC4)CCO2)n1. The van der Waals surface area contributed by atoms with Gasteiger partial charge in [-0.3, -0.25) is 4.79 Å². The third kappa shape index (κ3) is 3.06. The average molecular weight is 341 g/mol. The average Bonchev–Trinajstić information content (AvgIpc) is 2.97. The minimum atomic E-state index is -0.206. The Balaban J connectivity index is 1.57. The van der Waals surface area contributed by atoms with E-state index in [0.29, 0.717) is 25.5 Å². The summed E-state index contributed by atoms with van der Waals surface area (Å²) in [5.74, 6) is 2.52. The van der Waals surface area contributed by atoms with Gasteiger partial charge in [-0.05, 0) is 39.2 Å². The minimum absolute atomic E-state index is 0.0588. The van der Waals surface area contributed by atoms with Crippen molar-refractivity contribution in [2.45, 2.75) is 45.6 Å². The van der Waals surface area contributed by atoms with Gasteiger partial charge in [-0.25, -0.2) is 9.97 Å². The van der Waals surface area contributed by atoms with Crippen molar-refractivity contribution < 1.29 is 13.9 Å². The molecule has 1 atom stereocenters. The molecule has 2 aliphatic rings. The molecule has 0 saturated carbocycles. The summed E-state index contributed by atoms with van der Waals surface area (Å²) in [4.78, 5) is 23.6.